The van der Waals surface area contributed by atoms with Gasteiger partial charge in [-0.05, 0) is 31.2 Å². The van der Waals surface area contributed by atoms with Gasteiger partial charge in [0.15, 0.2) is 0 Å². The Morgan fingerprint density at radius 1 is 1.29 bits per heavy atom. The van der Waals surface area contributed by atoms with Crippen LogP contribution in [-0.4, -0.2) is 12.5 Å². The van der Waals surface area contributed by atoms with Crippen LogP contribution in [0.4, 0.5) is 10.1 Å². The molecule has 0 unspecified atom stereocenters. The molecule has 0 aliphatic rings. The fraction of sp³-hybridized carbons (Fsp3) is 0.188. The van der Waals surface area contributed by atoms with Gasteiger partial charge in [0.2, 0.25) is 0 Å². The number of ether oxygens (including phenoxy) is 1. The maximum atomic E-state index is 13.5. The Labute approximate surface area is 122 Å². The Hall–Kier alpha value is -2.56. The zero-order valence-corrected chi connectivity index (χ0v) is 11.7. The van der Waals surface area contributed by atoms with Crippen molar-refractivity contribution in [2.24, 2.45) is 0 Å². The minimum absolute atomic E-state index is 0.124. The number of amides is 1. The predicted octanol–water partition coefficient (Wildman–Crippen LogP) is 2.74. The fourth-order valence-corrected chi connectivity index (χ4v) is 1.90. The van der Waals surface area contributed by atoms with Crippen LogP contribution >= 0.6 is 0 Å². The van der Waals surface area contributed by atoms with Gasteiger partial charge >= 0.3 is 0 Å². The molecule has 0 spiro atoms. The van der Waals surface area contributed by atoms with E-state index in [-0.39, 0.29) is 18.3 Å². The standard InChI is InChI=1S/C16H17FN2O2/c1-2-21-15-8-7-11(9-14(15)18)16(20)19-10-12-5-3-4-6-13(12)17/h3-9H,2,10,18H2,1H3,(H,19,20). The number of rotatable bonds is 5. The minimum atomic E-state index is -0.344. The molecule has 2 rings (SSSR count). The molecule has 0 bridgehead atoms. The maximum Gasteiger partial charge on any atom is 0.251 e. The lowest BCUT2D eigenvalue weighted by Crippen LogP contribution is -2.23. The van der Waals surface area contributed by atoms with Crippen LogP contribution in [0.3, 0.4) is 0 Å². The highest BCUT2D eigenvalue weighted by molar-refractivity contribution is 5.95. The highest BCUT2D eigenvalue weighted by Crippen LogP contribution is 2.22. The average molecular weight is 288 g/mol. The molecule has 0 saturated carbocycles. The maximum absolute atomic E-state index is 13.5. The van der Waals surface area contributed by atoms with E-state index in [1.165, 1.54) is 6.07 Å². The summed E-state index contributed by atoms with van der Waals surface area (Å²) in [6, 6.07) is 11.1. The van der Waals surface area contributed by atoms with Gasteiger partial charge < -0.3 is 15.8 Å². The third-order valence-electron chi connectivity index (χ3n) is 2.97. The largest absolute Gasteiger partial charge is 0.492 e. The van der Waals surface area contributed by atoms with Crippen LogP contribution in [0.25, 0.3) is 0 Å². The Kier molecular flexibility index (Phi) is 4.77. The molecule has 0 saturated heterocycles. The summed E-state index contributed by atoms with van der Waals surface area (Å²) in [7, 11) is 0. The van der Waals surface area contributed by atoms with Crippen LogP contribution in [-0.2, 0) is 6.54 Å². The second-order valence-corrected chi connectivity index (χ2v) is 4.46. The van der Waals surface area contributed by atoms with Gasteiger partial charge in [0.1, 0.15) is 11.6 Å². The SMILES string of the molecule is CCOc1ccc(C(=O)NCc2ccccc2F)cc1N. The van der Waals surface area contributed by atoms with Crippen molar-refractivity contribution in [1.82, 2.24) is 5.32 Å². The van der Waals surface area contributed by atoms with Crippen LogP contribution in [0.5, 0.6) is 5.75 Å². The molecular formula is C16H17FN2O2. The zero-order valence-electron chi connectivity index (χ0n) is 11.7. The molecular weight excluding hydrogens is 271 g/mol. The normalized spacial score (nSPS) is 10.2. The second-order valence-electron chi connectivity index (χ2n) is 4.46. The molecule has 0 atom stereocenters. The van der Waals surface area contributed by atoms with Crippen LogP contribution in [0, 0.1) is 5.82 Å². The summed E-state index contributed by atoms with van der Waals surface area (Å²) >= 11 is 0. The quantitative estimate of drug-likeness (QED) is 0.831. The van der Waals surface area contributed by atoms with Gasteiger partial charge in [-0.25, -0.2) is 4.39 Å². The molecule has 21 heavy (non-hydrogen) atoms. The van der Waals surface area contributed by atoms with Crippen molar-refractivity contribution in [2.75, 3.05) is 12.3 Å². The van der Waals surface area contributed by atoms with E-state index in [4.69, 9.17) is 10.5 Å². The molecule has 2 aromatic carbocycles. The van der Waals surface area contributed by atoms with Gasteiger partial charge in [0.05, 0.1) is 12.3 Å². The molecule has 0 fully saturated rings. The summed E-state index contributed by atoms with van der Waals surface area (Å²) in [5.74, 6) is -0.111. The van der Waals surface area contributed by atoms with Gasteiger partial charge in [-0.3, -0.25) is 4.79 Å². The van der Waals surface area contributed by atoms with Crippen LogP contribution < -0.4 is 15.8 Å². The third kappa shape index (κ3) is 3.72. The van der Waals surface area contributed by atoms with Gasteiger partial charge in [0.25, 0.3) is 5.91 Å². The molecule has 0 heterocycles. The van der Waals surface area contributed by atoms with Crippen molar-refractivity contribution in [2.45, 2.75) is 13.5 Å². The number of halogens is 1. The van der Waals surface area contributed by atoms with E-state index < -0.39 is 0 Å². The zero-order chi connectivity index (χ0) is 15.2. The molecule has 4 nitrogen and oxygen atoms in total. The molecule has 0 aromatic heterocycles. The Bertz CT molecular complexity index is 644. The first kappa shape index (κ1) is 14.8. The molecule has 0 aliphatic carbocycles. The van der Waals surface area contributed by atoms with Gasteiger partial charge in [0, 0.05) is 17.7 Å². The van der Waals surface area contributed by atoms with Crippen LogP contribution in [0.15, 0.2) is 42.5 Å². The summed E-state index contributed by atoms with van der Waals surface area (Å²) in [5.41, 5.74) is 7.05. The first-order valence-electron chi connectivity index (χ1n) is 6.65. The van der Waals surface area contributed by atoms with Crippen LogP contribution in [0.2, 0.25) is 0 Å². The molecule has 0 aliphatic heterocycles. The molecule has 2 aromatic rings. The number of nitrogens with one attached hydrogen (secondary N) is 1. The molecule has 1 amide bonds. The number of carbonyl (C=O) groups is 1. The first-order valence-corrected chi connectivity index (χ1v) is 6.65. The van der Waals surface area contributed by atoms with Gasteiger partial charge in [-0.2, -0.15) is 0 Å². The van der Waals surface area contributed by atoms with E-state index in [2.05, 4.69) is 5.32 Å². The highest BCUT2D eigenvalue weighted by Gasteiger charge is 2.09. The van der Waals surface area contributed by atoms with Gasteiger partial charge in [-0.15, -0.1) is 0 Å². The van der Waals surface area contributed by atoms with E-state index in [1.54, 1.807) is 36.4 Å². The lowest BCUT2D eigenvalue weighted by molar-refractivity contribution is 0.0950. The Morgan fingerprint density at radius 2 is 2.05 bits per heavy atom. The van der Waals surface area contributed by atoms with E-state index in [1.807, 2.05) is 6.92 Å². The molecule has 5 heteroatoms. The van der Waals surface area contributed by atoms with Crippen molar-refractivity contribution < 1.29 is 13.9 Å². The summed E-state index contributed by atoms with van der Waals surface area (Å²) < 4.78 is 18.8. The average Bonchev–Trinajstić information content (AvgIpc) is 2.48. The van der Waals surface area contributed by atoms with E-state index in [0.717, 1.165) is 0 Å². The van der Waals surface area contributed by atoms with E-state index in [0.29, 0.717) is 29.2 Å². The summed E-state index contributed by atoms with van der Waals surface area (Å²) in [6.45, 7) is 2.48. The van der Waals surface area contributed by atoms with Crippen molar-refractivity contribution in [3.05, 3.63) is 59.4 Å². The number of carbonyl (C=O) groups excluding carboxylic acids is 1. The number of hydrogen-bond donors (Lipinski definition) is 2. The molecule has 3 N–H and O–H groups in total. The Morgan fingerprint density at radius 3 is 2.71 bits per heavy atom. The summed E-state index contributed by atoms with van der Waals surface area (Å²) in [5, 5.41) is 2.66. The van der Waals surface area contributed by atoms with Crippen molar-refractivity contribution in [3.63, 3.8) is 0 Å². The predicted molar refractivity (Wildman–Crippen MR) is 79.6 cm³/mol. The number of hydrogen-bond acceptors (Lipinski definition) is 3. The van der Waals surface area contributed by atoms with E-state index >= 15 is 0 Å². The number of benzene rings is 2. The van der Waals surface area contributed by atoms with Gasteiger partial charge in [-0.1, -0.05) is 18.2 Å². The highest BCUT2D eigenvalue weighted by atomic mass is 19.1. The van der Waals surface area contributed by atoms with E-state index in [9.17, 15) is 9.18 Å². The number of nitrogens with two attached hydrogens (primary N) is 1. The molecule has 0 radical (unpaired) electrons. The Balaban J connectivity index is 2.04. The summed E-state index contributed by atoms with van der Waals surface area (Å²) in [4.78, 5) is 12.0. The topological polar surface area (TPSA) is 64.3 Å². The lowest BCUT2D eigenvalue weighted by atomic mass is 10.1. The van der Waals surface area contributed by atoms with Crippen molar-refractivity contribution in [3.8, 4) is 5.75 Å². The third-order valence-corrected chi connectivity index (χ3v) is 2.97. The first-order chi connectivity index (χ1) is 10.1. The molecule has 110 valence electrons. The van der Waals surface area contributed by atoms with Crippen molar-refractivity contribution in [1.29, 1.82) is 0 Å². The number of anilines is 1. The van der Waals surface area contributed by atoms with Crippen molar-refractivity contribution >= 4 is 11.6 Å². The summed E-state index contributed by atoms with van der Waals surface area (Å²) in [6.07, 6.45) is 0. The lowest BCUT2D eigenvalue weighted by Gasteiger charge is -2.10. The smallest absolute Gasteiger partial charge is 0.251 e. The second kappa shape index (κ2) is 6.74. The fourth-order valence-electron chi connectivity index (χ4n) is 1.90. The minimum Gasteiger partial charge on any atom is -0.492 e. The van der Waals surface area contributed by atoms with Crippen LogP contribution in [0.1, 0.15) is 22.8 Å². The number of nitrogen functional groups attached to an aromatic ring is 1. The monoisotopic (exact) mass is 288 g/mol.